The molecule has 1 heterocycles. The third kappa shape index (κ3) is 9.49. The quantitative estimate of drug-likeness (QED) is 0.241. The summed E-state index contributed by atoms with van der Waals surface area (Å²) in [5.74, 6) is 0.256. The van der Waals surface area contributed by atoms with Crippen LogP contribution in [0.5, 0.6) is 0 Å². The fraction of sp³-hybridized carbons (Fsp3) is 0.647. The van der Waals surface area contributed by atoms with Crippen molar-refractivity contribution in [1.29, 1.82) is 0 Å². The molecular weight excluding hydrogens is 320 g/mol. The number of carbonyl (C=O) groups excluding carboxylic acids is 2. The van der Waals surface area contributed by atoms with E-state index in [1.807, 2.05) is 0 Å². The number of nitrogens with zero attached hydrogens (tertiary/aromatic N) is 2. The Hall–Kier alpha value is -2.38. The van der Waals surface area contributed by atoms with E-state index in [1.54, 1.807) is 6.20 Å². The van der Waals surface area contributed by atoms with Crippen LogP contribution in [0.1, 0.15) is 68.2 Å². The van der Waals surface area contributed by atoms with E-state index in [2.05, 4.69) is 27.2 Å². The number of carbonyl (C=O) groups is 2. The highest BCUT2D eigenvalue weighted by molar-refractivity contribution is 5.90. The summed E-state index contributed by atoms with van der Waals surface area (Å²) in [5.41, 5.74) is 11.2. The lowest BCUT2D eigenvalue weighted by Gasteiger charge is -2.02. The molecule has 25 heavy (non-hydrogen) atoms. The number of H-pyrrole nitrogens is 1. The highest BCUT2D eigenvalue weighted by atomic mass is 16.2. The van der Waals surface area contributed by atoms with Crippen molar-refractivity contribution >= 4 is 17.6 Å². The van der Waals surface area contributed by atoms with Crippen molar-refractivity contribution in [2.45, 2.75) is 58.3 Å². The van der Waals surface area contributed by atoms with E-state index in [0.717, 1.165) is 38.5 Å². The molecule has 0 saturated carbocycles. The van der Waals surface area contributed by atoms with E-state index >= 15 is 0 Å². The molecule has 0 aliphatic rings. The Bertz CT molecular complexity index is 563. The molecule has 6 N–H and O–H groups in total. The largest absolute Gasteiger partial charge is 0.370 e. The maximum atomic E-state index is 12.0. The van der Waals surface area contributed by atoms with Crippen molar-refractivity contribution in [3.05, 3.63) is 17.7 Å². The Kier molecular flexibility index (Phi) is 9.96. The van der Waals surface area contributed by atoms with Crippen LogP contribution in [0.4, 0.5) is 0 Å². The molecule has 0 atom stereocenters. The zero-order valence-corrected chi connectivity index (χ0v) is 15.0. The average molecular weight is 350 g/mol. The number of guanidine groups is 1. The molecule has 1 aromatic heterocycles. The molecule has 0 spiro atoms. The van der Waals surface area contributed by atoms with E-state index < -0.39 is 0 Å². The second-order valence-corrected chi connectivity index (χ2v) is 6.05. The number of hydrogen-bond donors (Lipinski definition) is 4. The standard InChI is InChI=1S/C17H30N6O2/c1-2-3-6-9-20-16(25)15-22-12-13(23-15)11-14(24)8-5-4-7-10-21-17(18)19/h12H,2-11H2,1H3,(H,20,25)(H,22,23)(H4,18,19,21). The maximum Gasteiger partial charge on any atom is 0.287 e. The first-order valence-corrected chi connectivity index (χ1v) is 8.92. The number of aromatic nitrogens is 2. The first-order chi connectivity index (χ1) is 12.0. The molecule has 0 radical (unpaired) electrons. The summed E-state index contributed by atoms with van der Waals surface area (Å²) in [6.45, 7) is 3.34. The molecule has 8 heteroatoms. The topological polar surface area (TPSA) is 139 Å². The summed E-state index contributed by atoms with van der Waals surface area (Å²) in [4.78, 5) is 34.7. The van der Waals surface area contributed by atoms with E-state index in [9.17, 15) is 9.59 Å². The van der Waals surface area contributed by atoms with Gasteiger partial charge in [-0.1, -0.05) is 26.2 Å². The van der Waals surface area contributed by atoms with Crippen molar-refractivity contribution in [3.8, 4) is 0 Å². The van der Waals surface area contributed by atoms with Gasteiger partial charge >= 0.3 is 0 Å². The number of ketones is 1. The summed E-state index contributed by atoms with van der Waals surface area (Å²) in [5, 5.41) is 2.82. The molecule has 0 saturated heterocycles. The number of Topliss-reactive ketones (excluding diaryl/α,β-unsaturated/α-hetero) is 1. The fourth-order valence-corrected chi connectivity index (χ4v) is 2.34. The Morgan fingerprint density at radius 1 is 1.20 bits per heavy atom. The Morgan fingerprint density at radius 2 is 2.00 bits per heavy atom. The Labute approximate surface area is 148 Å². The van der Waals surface area contributed by atoms with Crippen LogP contribution >= 0.6 is 0 Å². The molecule has 0 aliphatic carbocycles. The number of amides is 1. The molecule has 0 aromatic carbocycles. The van der Waals surface area contributed by atoms with Crippen molar-refractivity contribution in [2.24, 2.45) is 16.5 Å². The normalized spacial score (nSPS) is 10.4. The van der Waals surface area contributed by atoms with Gasteiger partial charge in [0.25, 0.3) is 5.91 Å². The smallest absolute Gasteiger partial charge is 0.287 e. The van der Waals surface area contributed by atoms with Crippen LogP contribution in [-0.2, 0) is 11.2 Å². The molecule has 1 rings (SSSR count). The molecule has 0 fully saturated rings. The van der Waals surface area contributed by atoms with E-state index in [4.69, 9.17) is 11.5 Å². The summed E-state index contributed by atoms with van der Waals surface area (Å²) in [6, 6.07) is 0. The third-order valence-electron chi connectivity index (χ3n) is 3.71. The van der Waals surface area contributed by atoms with E-state index in [0.29, 0.717) is 25.2 Å². The minimum absolute atomic E-state index is 0.0977. The van der Waals surface area contributed by atoms with Gasteiger partial charge in [0.1, 0.15) is 5.78 Å². The molecule has 1 amide bonds. The first-order valence-electron chi connectivity index (χ1n) is 8.92. The molecular formula is C17H30N6O2. The van der Waals surface area contributed by atoms with Crippen LogP contribution in [-0.4, -0.2) is 40.7 Å². The first kappa shape index (κ1) is 20.7. The molecule has 140 valence electrons. The monoisotopic (exact) mass is 350 g/mol. The van der Waals surface area contributed by atoms with Crippen LogP contribution in [0.2, 0.25) is 0 Å². The molecule has 0 aliphatic heterocycles. The van der Waals surface area contributed by atoms with Gasteiger partial charge in [0, 0.05) is 37.8 Å². The number of unbranched alkanes of at least 4 members (excludes halogenated alkanes) is 4. The minimum Gasteiger partial charge on any atom is -0.370 e. The van der Waals surface area contributed by atoms with Gasteiger partial charge < -0.3 is 21.8 Å². The molecule has 8 nitrogen and oxygen atoms in total. The summed E-state index contributed by atoms with van der Waals surface area (Å²) < 4.78 is 0. The Balaban J connectivity index is 2.24. The number of imidazole rings is 1. The molecule has 0 bridgehead atoms. The summed E-state index contributed by atoms with van der Waals surface area (Å²) >= 11 is 0. The lowest BCUT2D eigenvalue weighted by Crippen LogP contribution is -2.25. The summed E-state index contributed by atoms with van der Waals surface area (Å²) in [7, 11) is 0. The highest BCUT2D eigenvalue weighted by Gasteiger charge is 2.11. The second kappa shape index (κ2) is 12.0. The van der Waals surface area contributed by atoms with Crippen molar-refractivity contribution in [2.75, 3.05) is 13.1 Å². The van der Waals surface area contributed by atoms with Gasteiger partial charge in [0.15, 0.2) is 11.8 Å². The number of aromatic amines is 1. The van der Waals surface area contributed by atoms with Gasteiger partial charge in [0.05, 0.1) is 0 Å². The average Bonchev–Trinajstić information content (AvgIpc) is 3.03. The van der Waals surface area contributed by atoms with Crippen molar-refractivity contribution in [3.63, 3.8) is 0 Å². The van der Waals surface area contributed by atoms with Crippen LogP contribution in [0.3, 0.4) is 0 Å². The summed E-state index contributed by atoms with van der Waals surface area (Å²) in [6.07, 6.45) is 8.03. The van der Waals surface area contributed by atoms with Gasteiger partial charge in [-0.15, -0.1) is 0 Å². The van der Waals surface area contributed by atoms with Gasteiger partial charge in [-0.3, -0.25) is 14.6 Å². The number of aliphatic imine (C=N–C) groups is 1. The number of rotatable bonds is 13. The SMILES string of the molecule is CCCCCNC(=O)c1ncc(CC(=O)CCCCCN=C(N)N)[nH]1. The zero-order valence-electron chi connectivity index (χ0n) is 15.0. The van der Waals surface area contributed by atoms with Crippen LogP contribution in [0, 0.1) is 0 Å². The van der Waals surface area contributed by atoms with Gasteiger partial charge in [0.2, 0.25) is 0 Å². The number of nitrogens with one attached hydrogen (secondary N) is 2. The van der Waals surface area contributed by atoms with E-state index in [-0.39, 0.29) is 29.9 Å². The van der Waals surface area contributed by atoms with Crippen LogP contribution < -0.4 is 16.8 Å². The second-order valence-electron chi connectivity index (χ2n) is 6.05. The molecule has 0 unspecified atom stereocenters. The minimum atomic E-state index is -0.227. The third-order valence-corrected chi connectivity index (χ3v) is 3.71. The maximum absolute atomic E-state index is 12.0. The lowest BCUT2D eigenvalue weighted by molar-refractivity contribution is -0.118. The van der Waals surface area contributed by atoms with E-state index in [1.165, 1.54) is 0 Å². The Morgan fingerprint density at radius 3 is 2.72 bits per heavy atom. The molecule has 1 aromatic rings. The van der Waals surface area contributed by atoms with Gasteiger partial charge in [-0.05, 0) is 19.3 Å². The predicted molar refractivity (Wildman–Crippen MR) is 98.3 cm³/mol. The lowest BCUT2D eigenvalue weighted by atomic mass is 10.1. The number of hydrogen-bond acceptors (Lipinski definition) is 4. The van der Waals surface area contributed by atoms with Crippen LogP contribution in [0.15, 0.2) is 11.2 Å². The predicted octanol–water partition coefficient (Wildman–Crippen LogP) is 1.28. The van der Waals surface area contributed by atoms with Crippen LogP contribution in [0.25, 0.3) is 0 Å². The van der Waals surface area contributed by atoms with Crippen molar-refractivity contribution in [1.82, 2.24) is 15.3 Å². The van der Waals surface area contributed by atoms with Gasteiger partial charge in [-0.2, -0.15) is 0 Å². The zero-order chi connectivity index (χ0) is 18.5. The highest BCUT2D eigenvalue weighted by Crippen LogP contribution is 2.06. The van der Waals surface area contributed by atoms with Crippen molar-refractivity contribution < 1.29 is 9.59 Å². The number of nitrogens with two attached hydrogens (primary N) is 2. The fourth-order valence-electron chi connectivity index (χ4n) is 2.34. The van der Waals surface area contributed by atoms with Gasteiger partial charge in [-0.25, -0.2) is 4.98 Å².